The molecule has 3 heterocycles. The first-order valence-corrected chi connectivity index (χ1v) is 12.0. The van der Waals surface area contributed by atoms with Gasteiger partial charge in [-0.15, -0.1) is 0 Å². The molecule has 172 valence electrons. The molecule has 3 aromatic rings. The fourth-order valence-corrected chi connectivity index (χ4v) is 4.75. The predicted octanol–water partition coefficient (Wildman–Crippen LogP) is 2.51. The first-order valence-electron chi connectivity index (χ1n) is 10.2. The predicted molar refractivity (Wildman–Crippen MR) is 126 cm³/mol. The lowest BCUT2D eigenvalue weighted by molar-refractivity contribution is 0.277. The van der Waals surface area contributed by atoms with Crippen LogP contribution in [-0.2, 0) is 16.6 Å². The Balaban J connectivity index is 1.39. The van der Waals surface area contributed by atoms with Crippen molar-refractivity contribution in [2.75, 3.05) is 31.1 Å². The third-order valence-corrected chi connectivity index (χ3v) is 7.04. The maximum atomic E-state index is 12.7. The standard InChI is InChI=1S/C22H22ClN5O4S/c23-19-2-1-16(21(30)12-19)4-10-33(31,32)28-8-6-27(7-9-28)22-25-13-18(14-26-22)17-3-5-24-20(11-17)15-29/h1-5,10-14,29-30H,6-9,15H2. The summed E-state index contributed by atoms with van der Waals surface area (Å²) in [6.45, 7) is 1.32. The third kappa shape index (κ3) is 5.48. The van der Waals surface area contributed by atoms with E-state index in [0.717, 1.165) is 16.5 Å². The van der Waals surface area contributed by atoms with Gasteiger partial charge in [-0.2, -0.15) is 4.31 Å². The molecule has 0 amide bonds. The zero-order valence-corrected chi connectivity index (χ0v) is 19.1. The number of nitrogens with zero attached hydrogens (tertiary/aromatic N) is 5. The van der Waals surface area contributed by atoms with Crippen LogP contribution in [0.5, 0.6) is 5.75 Å². The number of benzene rings is 1. The molecule has 0 unspecified atom stereocenters. The average Bonchev–Trinajstić information content (AvgIpc) is 2.84. The van der Waals surface area contributed by atoms with E-state index in [4.69, 9.17) is 11.6 Å². The van der Waals surface area contributed by atoms with E-state index < -0.39 is 10.0 Å². The molecule has 0 atom stereocenters. The number of hydrogen-bond donors (Lipinski definition) is 2. The molecular formula is C22H22ClN5O4S. The van der Waals surface area contributed by atoms with Crippen LogP contribution >= 0.6 is 11.6 Å². The zero-order chi connectivity index (χ0) is 23.4. The first-order chi connectivity index (χ1) is 15.9. The Bertz CT molecular complexity index is 1260. The number of pyridine rings is 1. The van der Waals surface area contributed by atoms with Crippen molar-refractivity contribution in [2.45, 2.75) is 6.61 Å². The minimum absolute atomic E-state index is 0.0845. The van der Waals surface area contributed by atoms with Crippen LogP contribution in [0.25, 0.3) is 17.2 Å². The SMILES string of the molecule is O=S(=O)(C=Cc1ccc(Cl)cc1O)N1CCN(c2ncc(-c3ccnc(CO)c3)cn2)CC1. The Morgan fingerprint density at radius 1 is 1.00 bits per heavy atom. The number of sulfonamides is 1. The molecule has 1 aliphatic rings. The fraction of sp³-hybridized carbons (Fsp3) is 0.227. The van der Waals surface area contributed by atoms with E-state index in [0.29, 0.717) is 35.3 Å². The fourth-order valence-electron chi connectivity index (χ4n) is 3.42. The van der Waals surface area contributed by atoms with Crippen molar-refractivity contribution in [2.24, 2.45) is 0 Å². The number of aliphatic hydroxyl groups is 1. The van der Waals surface area contributed by atoms with E-state index in [-0.39, 0.29) is 25.4 Å². The molecule has 1 aliphatic heterocycles. The van der Waals surface area contributed by atoms with Crippen molar-refractivity contribution in [1.82, 2.24) is 19.3 Å². The highest BCUT2D eigenvalue weighted by Crippen LogP contribution is 2.24. The van der Waals surface area contributed by atoms with Crippen molar-refractivity contribution in [1.29, 1.82) is 0 Å². The summed E-state index contributed by atoms with van der Waals surface area (Å²) in [7, 11) is -3.65. The lowest BCUT2D eigenvalue weighted by Gasteiger charge is -2.33. The quantitative estimate of drug-likeness (QED) is 0.544. The van der Waals surface area contributed by atoms with Crippen LogP contribution in [0.3, 0.4) is 0 Å². The molecule has 11 heteroatoms. The number of hydrogen-bond acceptors (Lipinski definition) is 8. The molecule has 2 N–H and O–H groups in total. The highest BCUT2D eigenvalue weighted by molar-refractivity contribution is 7.92. The second kappa shape index (κ2) is 9.84. The summed E-state index contributed by atoms with van der Waals surface area (Å²) in [5.74, 6) is 0.438. The van der Waals surface area contributed by atoms with E-state index in [1.54, 1.807) is 36.8 Å². The number of aromatic hydroxyl groups is 1. The highest BCUT2D eigenvalue weighted by Gasteiger charge is 2.26. The highest BCUT2D eigenvalue weighted by atomic mass is 35.5. The van der Waals surface area contributed by atoms with E-state index in [1.807, 2.05) is 11.0 Å². The molecule has 0 spiro atoms. The molecule has 1 fully saturated rings. The van der Waals surface area contributed by atoms with Crippen molar-refractivity contribution < 1.29 is 18.6 Å². The normalized spacial score (nSPS) is 15.3. The number of piperazine rings is 1. The van der Waals surface area contributed by atoms with Gasteiger partial charge in [0, 0.05) is 66.3 Å². The third-order valence-electron chi connectivity index (χ3n) is 5.24. The van der Waals surface area contributed by atoms with Gasteiger partial charge in [-0.3, -0.25) is 4.98 Å². The maximum Gasteiger partial charge on any atom is 0.236 e. The van der Waals surface area contributed by atoms with E-state index in [2.05, 4.69) is 15.0 Å². The molecule has 9 nitrogen and oxygen atoms in total. The summed E-state index contributed by atoms with van der Waals surface area (Å²) in [5, 5.41) is 20.6. The second-order valence-corrected chi connectivity index (χ2v) is 9.66. The Hall–Kier alpha value is -3.05. The summed E-state index contributed by atoms with van der Waals surface area (Å²) in [6, 6.07) is 8.09. The van der Waals surface area contributed by atoms with Gasteiger partial charge in [-0.25, -0.2) is 18.4 Å². The lowest BCUT2D eigenvalue weighted by Crippen LogP contribution is -2.48. The number of phenolic OH excluding ortho intramolecular Hbond substituents is 1. The van der Waals surface area contributed by atoms with Crippen LogP contribution < -0.4 is 4.90 Å². The van der Waals surface area contributed by atoms with Crippen LogP contribution in [0.15, 0.2) is 54.3 Å². The van der Waals surface area contributed by atoms with Gasteiger partial charge in [-0.1, -0.05) is 11.6 Å². The van der Waals surface area contributed by atoms with Gasteiger partial charge in [0.1, 0.15) is 5.75 Å². The molecule has 1 aromatic carbocycles. The number of anilines is 1. The van der Waals surface area contributed by atoms with Gasteiger partial charge in [0.25, 0.3) is 0 Å². The molecule has 0 bridgehead atoms. The molecular weight excluding hydrogens is 466 g/mol. The molecule has 0 saturated carbocycles. The van der Waals surface area contributed by atoms with Crippen molar-refractivity contribution in [3.8, 4) is 16.9 Å². The molecule has 33 heavy (non-hydrogen) atoms. The lowest BCUT2D eigenvalue weighted by atomic mass is 10.1. The minimum Gasteiger partial charge on any atom is -0.507 e. The van der Waals surface area contributed by atoms with Crippen LogP contribution in [-0.4, -0.2) is 64.1 Å². The number of aromatic nitrogens is 3. The Kier molecular flexibility index (Phi) is 6.89. The monoisotopic (exact) mass is 487 g/mol. The van der Waals surface area contributed by atoms with Gasteiger partial charge in [0.05, 0.1) is 12.3 Å². The summed E-state index contributed by atoms with van der Waals surface area (Å²) < 4.78 is 26.8. The van der Waals surface area contributed by atoms with Gasteiger partial charge in [-0.05, 0) is 42.0 Å². The van der Waals surface area contributed by atoms with E-state index >= 15 is 0 Å². The molecule has 0 aliphatic carbocycles. The van der Waals surface area contributed by atoms with Crippen molar-refractivity contribution in [3.63, 3.8) is 0 Å². The van der Waals surface area contributed by atoms with E-state index in [9.17, 15) is 18.6 Å². The summed E-state index contributed by atoms with van der Waals surface area (Å²) in [6.07, 6.45) is 6.38. The first kappa shape index (κ1) is 23.1. The topological polar surface area (TPSA) is 120 Å². The van der Waals surface area contributed by atoms with Gasteiger partial charge in [0.2, 0.25) is 16.0 Å². The summed E-state index contributed by atoms with van der Waals surface area (Å²) >= 11 is 5.81. The maximum absolute atomic E-state index is 12.7. The summed E-state index contributed by atoms with van der Waals surface area (Å²) in [5.41, 5.74) is 2.59. The Labute approximate surface area is 196 Å². The number of phenols is 1. The molecule has 4 rings (SSSR count). The van der Waals surface area contributed by atoms with Crippen LogP contribution in [0.4, 0.5) is 5.95 Å². The molecule has 1 saturated heterocycles. The largest absolute Gasteiger partial charge is 0.507 e. The number of aliphatic hydroxyl groups excluding tert-OH is 1. The smallest absolute Gasteiger partial charge is 0.236 e. The number of halogens is 1. The van der Waals surface area contributed by atoms with Crippen LogP contribution in [0.1, 0.15) is 11.3 Å². The Morgan fingerprint density at radius 3 is 2.39 bits per heavy atom. The van der Waals surface area contributed by atoms with E-state index in [1.165, 1.54) is 16.4 Å². The van der Waals surface area contributed by atoms with Gasteiger partial charge >= 0.3 is 0 Å². The Morgan fingerprint density at radius 2 is 1.73 bits per heavy atom. The number of rotatable bonds is 6. The second-order valence-electron chi connectivity index (χ2n) is 7.40. The summed E-state index contributed by atoms with van der Waals surface area (Å²) in [4.78, 5) is 14.8. The van der Waals surface area contributed by atoms with Crippen LogP contribution in [0.2, 0.25) is 5.02 Å². The van der Waals surface area contributed by atoms with Gasteiger partial charge in [0.15, 0.2) is 0 Å². The minimum atomic E-state index is -3.65. The average molecular weight is 488 g/mol. The van der Waals surface area contributed by atoms with Crippen LogP contribution in [0, 0.1) is 0 Å². The molecule has 0 radical (unpaired) electrons. The molecule has 2 aromatic heterocycles. The van der Waals surface area contributed by atoms with Crippen molar-refractivity contribution in [3.05, 3.63) is 70.6 Å². The van der Waals surface area contributed by atoms with Crippen molar-refractivity contribution >= 4 is 33.6 Å². The van der Waals surface area contributed by atoms with Gasteiger partial charge < -0.3 is 15.1 Å². The zero-order valence-electron chi connectivity index (χ0n) is 17.5.